The number of nitrogens with one attached hydrogen (secondary N) is 2. The van der Waals surface area contributed by atoms with Crippen molar-refractivity contribution < 1.29 is 13.2 Å². The molecule has 3 rings (SSSR count). The number of hydrogen-bond acceptors (Lipinski definition) is 5. The zero-order valence-electron chi connectivity index (χ0n) is 14.8. The van der Waals surface area contributed by atoms with Crippen LogP contribution in [0.5, 0.6) is 0 Å². The fraction of sp³-hybridized carbons (Fsp3) is 0.688. The minimum Gasteiger partial charge on any atom is -0.381 e. The topological polar surface area (TPSA) is 83.0 Å². The van der Waals surface area contributed by atoms with Gasteiger partial charge in [-0.1, -0.05) is 11.6 Å². The van der Waals surface area contributed by atoms with Crippen molar-refractivity contribution in [3.63, 3.8) is 0 Å². The molecule has 0 amide bonds. The molecular formula is C16H25ClN4O3S2. The minimum absolute atomic E-state index is 0.223. The lowest BCUT2D eigenvalue weighted by molar-refractivity contribution is 0.156. The van der Waals surface area contributed by atoms with E-state index in [1.54, 1.807) is 6.07 Å². The van der Waals surface area contributed by atoms with Crippen molar-refractivity contribution in [2.45, 2.75) is 24.0 Å². The average Bonchev–Trinajstić information content (AvgIpc) is 3.34. The van der Waals surface area contributed by atoms with E-state index in [0.717, 1.165) is 63.0 Å². The lowest BCUT2D eigenvalue weighted by Crippen LogP contribution is -2.42. The highest BCUT2D eigenvalue weighted by Crippen LogP contribution is 2.38. The predicted molar refractivity (Wildman–Crippen MR) is 105 cm³/mol. The number of ether oxygens (including phenoxy) is 1. The first-order valence-electron chi connectivity index (χ1n) is 8.80. The van der Waals surface area contributed by atoms with Crippen LogP contribution in [0.4, 0.5) is 0 Å². The number of sulfonamides is 1. The van der Waals surface area contributed by atoms with E-state index in [1.807, 2.05) is 6.92 Å². The van der Waals surface area contributed by atoms with Gasteiger partial charge in [-0.05, 0) is 31.9 Å². The van der Waals surface area contributed by atoms with Crippen molar-refractivity contribution in [2.75, 3.05) is 45.9 Å². The number of thiophene rings is 1. The number of guanidine groups is 1. The second-order valence-corrected chi connectivity index (χ2v) is 10.4. The predicted octanol–water partition coefficient (Wildman–Crippen LogP) is 1.76. The molecular weight excluding hydrogens is 396 g/mol. The number of halogens is 1. The molecule has 1 unspecified atom stereocenters. The van der Waals surface area contributed by atoms with Crippen LogP contribution in [0.15, 0.2) is 21.3 Å². The average molecular weight is 421 g/mol. The third kappa shape index (κ3) is 4.69. The Morgan fingerprint density at radius 3 is 2.96 bits per heavy atom. The Bertz CT molecular complexity index is 744. The molecule has 7 nitrogen and oxygen atoms in total. The van der Waals surface area contributed by atoms with E-state index in [9.17, 15) is 8.42 Å². The number of rotatable bonds is 6. The maximum atomic E-state index is 12.2. The summed E-state index contributed by atoms with van der Waals surface area (Å²) < 4.78 is 33.2. The van der Waals surface area contributed by atoms with Crippen LogP contribution in [0.2, 0.25) is 4.34 Å². The summed E-state index contributed by atoms with van der Waals surface area (Å²) >= 11 is 6.85. The van der Waals surface area contributed by atoms with Gasteiger partial charge in [0.15, 0.2) is 5.96 Å². The van der Waals surface area contributed by atoms with Gasteiger partial charge in [-0.25, -0.2) is 13.1 Å². The Balaban J connectivity index is 1.55. The molecule has 3 heterocycles. The molecule has 0 aromatic carbocycles. The van der Waals surface area contributed by atoms with Crippen LogP contribution in [0, 0.1) is 5.41 Å². The summed E-state index contributed by atoms with van der Waals surface area (Å²) in [6.07, 6.45) is 2.22. The smallest absolute Gasteiger partial charge is 0.250 e. The molecule has 0 aliphatic carbocycles. The lowest BCUT2D eigenvalue weighted by Gasteiger charge is -2.25. The SMILES string of the molecule is CCNC(=NCCNS(=O)(=O)c1ccc(Cl)s1)N1CCC2(CCOC2)C1. The Labute approximate surface area is 163 Å². The highest BCUT2D eigenvalue weighted by molar-refractivity contribution is 7.91. The van der Waals surface area contributed by atoms with Gasteiger partial charge in [0.05, 0.1) is 17.5 Å². The monoisotopic (exact) mass is 420 g/mol. The van der Waals surface area contributed by atoms with Gasteiger partial charge in [0.1, 0.15) is 4.21 Å². The Morgan fingerprint density at radius 2 is 2.31 bits per heavy atom. The molecule has 2 fully saturated rings. The van der Waals surface area contributed by atoms with Crippen molar-refractivity contribution in [2.24, 2.45) is 10.4 Å². The third-order valence-corrected chi connectivity index (χ3v) is 7.92. The molecule has 0 saturated carbocycles. The van der Waals surface area contributed by atoms with Crippen LogP contribution in [-0.4, -0.2) is 65.2 Å². The van der Waals surface area contributed by atoms with Gasteiger partial charge in [0.2, 0.25) is 10.0 Å². The van der Waals surface area contributed by atoms with Crippen LogP contribution in [-0.2, 0) is 14.8 Å². The highest BCUT2D eigenvalue weighted by Gasteiger charge is 2.42. The summed E-state index contributed by atoms with van der Waals surface area (Å²) in [5.41, 5.74) is 0.260. The molecule has 1 spiro atoms. The number of nitrogens with zero attached hydrogens (tertiary/aromatic N) is 2. The van der Waals surface area contributed by atoms with Crippen LogP contribution in [0.3, 0.4) is 0 Å². The molecule has 26 heavy (non-hydrogen) atoms. The fourth-order valence-electron chi connectivity index (χ4n) is 3.37. The zero-order valence-corrected chi connectivity index (χ0v) is 17.2. The molecule has 1 atom stereocenters. The van der Waals surface area contributed by atoms with Gasteiger partial charge >= 0.3 is 0 Å². The largest absolute Gasteiger partial charge is 0.381 e. The number of likely N-dealkylation sites (tertiary alicyclic amines) is 1. The first-order valence-corrected chi connectivity index (χ1v) is 11.5. The molecule has 2 aliphatic heterocycles. The summed E-state index contributed by atoms with van der Waals surface area (Å²) in [5, 5.41) is 3.31. The second-order valence-electron chi connectivity index (χ2n) is 6.67. The van der Waals surface area contributed by atoms with Crippen LogP contribution < -0.4 is 10.0 Å². The van der Waals surface area contributed by atoms with E-state index < -0.39 is 10.0 Å². The number of hydrogen-bond donors (Lipinski definition) is 2. The zero-order chi connectivity index (χ0) is 18.6. The van der Waals surface area contributed by atoms with Gasteiger partial charge in [-0.3, -0.25) is 4.99 Å². The van der Waals surface area contributed by atoms with Crippen molar-refractivity contribution in [1.82, 2.24) is 14.9 Å². The summed E-state index contributed by atoms with van der Waals surface area (Å²) in [7, 11) is -3.52. The van der Waals surface area contributed by atoms with E-state index >= 15 is 0 Å². The Morgan fingerprint density at radius 1 is 1.46 bits per heavy atom. The van der Waals surface area contributed by atoms with E-state index in [2.05, 4.69) is 19.9 Å². The number of aliphatic imine (C=N–C) groups is 1. The minimum atomic E-state index is -3.52. The van der Waals surface area contributed by atoms with Crippen LogP contribution in [0.25, 0.3) is 0 Å². The lowest BCUT2D eigenvalue weighted by atomic mass is 9.87. The quantitative estimate of drug-likeness (QED) is 0.416. The van der Waals surface area contributed by atoms with Crippen molar-refractivity contribution >= 4 is 38.9 Å². The van der Waals surface area contributed by atoms with Gasteiger partial charge in [-0.2, -0.15) is 0 Å². The van der Waals surface area contributed by atoms with Gasteiger partial charge in [0.25, 0.3) is 0 Å². The molecule has 2 saturated heterocycles. The van der Waals surface area contributed by atoms with E-state index in [-0.39, 0.29) is 16.2 Å². The first kappa shape index (κ1) is 19.9. The molecule has 1 aromatic rings. The Kier molecular flexibility index (Phi) is 6.45. The van der Waals surface area contributed by atoms with E-state index in [1.165, 1.54) is 6.07 Å². The van der Waals surface area contributed by atoms with Gasteiger partial charge in [-0.15, -0.1) is 11.3 Å². The Hall–Kier alpha value is -0.870. The highest BCUT2D eigenvalue weighted by atomic mass is 35.5. The normalized spacial score (nSPS) is 23.9. The van der Waals surface area contributed by atoms with Gasteiger partial charge < -0.3 is 15.0 Å². The van der Waals surface area contributed by atoms with E-state index in [4.69, 9.17) is 16.3 Å². The molecule has 0 radical (unpaired) electrons. The van der Waals surface area contributed by atoms with Crippen LogP contribution in [0.1, 0.15) is 19.8 Å². The maximum Gasteiger partial charge on any atom is 0.250 e. The molecule has 0 bridgehead atoms. The second kappa shape index (κ2) is 8.43. The third-order valence-electron chi connectivity index (χ3n) is 4.74. The van der Waals surface area contributed by atoms with Crippen LogP contribution >= 0.6 is 22.9 Å². The summed E-state index contributed by atoms with van der Waals surface area (Å²) in [6.45, 7) is 6.99. The molecule has 2 aliphatic rings. The van der Waals surface area contributed by atoms with Crippen molar-refractivity contribution in [3.05, 3.63) is 16.5 Å². The summed E-state index contributed by atoms with van der Waals surface area (Å²) in [5.74, 6) is 0.842. The van der Waals surface area contributed by atoms with Crippen molar-refractivity contribution in [1.29, 1.82) is 0 Å². The molecule has 1 aromatic heterocycles. The summed E-state index contributed by atoms with van der Waals surface area (Å²) in [6, 6.07) is 3.09. The first-order chi connectivity index (χ1) is 12.4. The molecule has 2 N–H and O–H groups in total. The van der Waals surface area contributed by atoms with E-state index in [0.29, 0.717) is 10.9 Å². The molecule has 10 heteroatoms. The maximum absolute atomic E-state index is 12.2. The standard InChI is InChI=1S/C16H25ClN4O3S2/c1-2-18-15(21-9-5-16(11-21)6-10-24-12-16)19-7-8-20-26(22,23)14-4-3-13(17)25-14/h3-4,20H,2,5-12H2,1H3,(H,18,19). The van der Waals surface area contributed by atoms with Crippen molar-refractivity contribution in [3.8, 4) is 0 Å². The molecule has 146 valence electrons. The fourth-order valence-corrected chi connectivity index (χ4v) is 5.92. The summed E-state index contributed by atoms with van der Waals surface area (Å²) in [4.78, 5) is 6.85. The van der Waals surface area contributed by atoms with Gasteiger partial charge in [0, 0.05) is 38.2 Å².